The number of benzene rings is 2. The van der Waals surface area contributed by atoms with Crippen LogP contribution in [-0.4, -0.2) is 12.6 Å². The Bertz CT molecular complexity index is 806. The lowest BCUT2D eigenvalue weighted by Gasteiger charge is -2.13. The SMILES string of the molecule is CC1(C)C(C(=O)OC2COc3ccc(-c4ccccc4)cc32)C1(C)C. The number of esters is 1. The van der Waals surface area contributed by atoms with Crippen molar-refractivity contribution in [3.63, 3.8) is 0 Å². The van der Waals surface area contributed by atoms with Crippen molar-refractivity contribution in [3.05, 3.63) is 54.1 Å². The molecule has 3 nitrogen and oxygen atoms in total. The van der Waals surface area contributed by atoms with Gasteiger partial charge in [-0.3, -0.25) is 4.79 Å². The first-order valence-electron chi connectivity index (χ1n) is 8.85. The van der Waals surface area contributed by atoms with Gasteiger partial charge in [-0.1, -0.05) is 64.1 Å². The Kier molecular flexibility index (Phi) is 3.47. The van der Waals surface area contributed by atoms with Gasteiger partial charge in [0.05, 0.1) is 5.92 Å². The lowest BCUT2D eigenvalue weighted by Crippen LogP contribution is -2.17. The Labute approximate surface area is 149 Å². The van der Waals surface area contributed by atoms with E-state index in [1.165, 1.54) is 0 Å². The smallest absolute Gasteiger partial charge is 0.310 e. The lowest BCUT2D eigenvalue weighted by atomic mass is 10.0. The summed E-state index contributed by atoms with van der Waals surface area (Å²) in [6, 6.07) is 16.3. The van der Waals surface area contributed by atoms with Crippen LogP contribution in [0.2, 0.25) is 0 Å². The zero-order valence-electron chi connectivity index (χ0n) is 15.2. The molecule has 2 aromatic carbocycles. The van der Waals surface area contributed by atoms with Crippen LogP contribution in [0.5, 0.6) is 5.75 Å². The molecule has 0 aromatic heterocycles. The van der Waals surface area contributed by atoms with Gasteiger partial charge in [0.15, 0.2) is 6.10 Å². The molecule has 130 valence electrons. The molecule has 3 heteroatoms. The Morgan fingerprint density at radius 2 is 1.68 bits per heavy atom. The molecule has 1 unspecified atom stereocenters. The summed E-state index contributed by atoms with van der Waals surface area (Å²) in [6.07, 6.45) is -0.321. The molecule has 0 saturated heterocycles. The Morgan fingerprint density at radius 1 is 1.00 bits per heavy atom. The fourth-order valence-corrected chi connectivity index (χ4v) is 4.09. The van der Waals surface area contributed by atoms with Crippen LogP contribution in [0.4, 0.5) is 0 Å². The number of ether oxygens (including phenoxy) is 2. The highest BCUT2D eigenvalue weighted by Gasteiger charge is 2.69. The predicted octanol–water partition coefficient (Wildman–Crippen LogP) is 5.01. The molecule has 0 spiro atoms. The first kappa shape index (κ1) is 16.2. The fourth-order valence-electron chi connectivity index (χ4n) is 4.09. The second-order valence-corrected chi connectivity index (χ2v) is 8.23. The quantitative estimate of drug-likeness (QED) is 0.739. The van der Waals surface area contributed by atoms with Gasteiger partial charge in [0.1, 0.15) is 12.4 Å². The van der Waals surface area contributed by atoms with Crippen LogP contribution >= 0.6 is 0 Å². The summed E-state index contributed by atoms with van der Waals surface area (Å²) in [6.45, 7) is 8.92. The molecule has 25 heavy (non-hydrogen) atoms. The van der Waals surface area contributed by atoms with Crippen LogP contribution < -0.4 is 4.74 Å². The molecule has 2 aromatic rings. The van der Waals surface area contributed by atoms with Crippen LogP contribution in [0.15, 0.2) is 48.5 Å². The van der Waals surface area contributed by atoms with E-state index in [9.17, 15) is 4.79 Å². The van der Waals surface area contributed by atoms with Gasteiger partial charge in [-0.2, -0.15) is 0 Å². The van der Waals surface area contributed by atoms with Crippen molar-refractivity contribution in [2.75, 3.05) is 6.61 Å². The highest BCUT2D eigenvalue weighted by atomic mass is 16.6. The summed E-state index contributed by atoms with van der Waals surface area (Å²) in [7, 11) is 0. The Morgan fingerprint density at radius 3 is 2.32 bits per heavy atom. The molecule has 0 bridgehead atoms. The van der Waals surface area contributed by atoms with Crippen LogP contribution in [-0.2, 0) is 9.53 Å². The zero-order valence-corrected chi connectivity index (χ0v) is 15.2. The topological polar surface area (TPSA) is 35.5 Å². The molecule has 1 heterocycles. The van der Waals surface area contributed by atoms with E-state index >= 15 is 0 Å². The predicted molar refractivity (Wildman–Crippen MR) is 97.3 cm³/mol. The Balaban J connectivity index is 1.57. The van der Waals surface area contributed by atoms with Gasteiger partial charge in [0.25, 0.3) is 0 Å². The monoisotopic (exact) mass is 336 g/mol. The zero-order chi connectivity index (χ0) is 17.8. The van der Waals surface area contributed by atoms with Gasteiger partial charge in [-0.25, -0.2) is 0 Å². The molecule has 4 rings (SSSR count). The first-order chi connectivity index (χ1) is 11.8. The molecule has 1 aliphatic heterocycles. The van der Waals surface area contributed by atoms with Crippen molar-refractivity contribution < 1.29 is 14.3 Å². The number of carbonyl (C=O) groups excluding carboxylic acids is 1. The highest BCUT2D eigenvalue weighted by molar-refractivity contribution is 5.79. The van der Waals surface area contributed by atoms with E-state index in [-0.39, 0.29) is 28.8 Å². The number of rotatable bonds is 3. The van der Waals surface area contributed by atoms with Crippen molar-refractivity contribution in [3.8, 4) is 16.9 Å². The van der Waals surface area contributed by atoms with Gasteiger partial charge in [-0.15, -0.1) is 0 Å². The van der Waals surface area contributed by atoms with Crippen LogP contribution in [0.3, 0.4) is 0 Å². The van der Waals surface area contributed by atoms with Crippen LogP contribution in [0.25, 0.3) is 11.1 Å². The summed E-state index contributed by atoms with van der Waals surface area (Å²) >= 11 is 0. The van der Waals surface area contributed by atoms with E-state index in [1.54, 1.807) is 0 Å². The molecule has 1 aliphatic carbocycles. The second-order valence-electron chi connectivity index (χ2n) is 8.23. The van der Waals surface area contributed by atoms with Gasteiger partial charge in [0.2, 0.25) is 0 Å². The van der Waals surface area contributed by atoms with E-state index in [1.807, 2.05) is 30.3 Å². The Hall–Kier alpha value is -2.29. The number of hydrogen-bond donors (Lipinski definition) is 0. The van der Waals surface area contributed by atoms with Crippen molar-refractivity contribution in [1.82, 2.24) is 0 Å². The third-order valence-electron chi connectivity index (χ3n) is 6.37. The standard InChI is InChI=1S/C22H24O3/c1-21(2)19(22(21,3)4)20(23)25-18-13-24-17-11-10-15(12-16(17)18)14-8-6-5-7-9-14/h5-12,18-19H,13H2,1-4H3. The minimum absolute atomic E-state index is 0.0156. The maximum Gasteiger partial charge on any atom is 0.310 e. The van der Waals surface area contributed by atoms with Gasteiger partial charge in [0, 0.05) is 5.56 Å². The molecule has 1 atom stereocenters. The maximum atomic E-state index is 12.7. The minimum atomic E-state index is -0.321. The van der Waals surface area contributed by atoms with E-state index in [4.69, 9.17) is 9.47 Å². The summed E-state index contributed by atoms with van der Waals surface area (Å²) in [5, 5.41) is 0. The molecular formula is C22H24O3. The normalized spacial score (nSPS) is 22.8. The van der Waals surface area contributed by atoms with Crippen molar-refractivity contribution in [1.29, 1.82) is 0 Å². The van der Waals surface area contributed by atoms with E-state index in [2.05, 4.69) is 45.9 Å². The summed E-state index contributed by atoms with van der Waals surface area (Å²) in [5.41, 5.74) is 3.19. The summed E-state index contributed by atoms with van der Waals surface area (Å²) in [5.74, 6) is 0.648. The average molecular weight is 336 g/mol. The fraction of sp³-hybridized carbons (Fsp3) is 0.409. The molecule has 2 aliphatic rings. The van der Waals surface area contributed by atoms with Crippen molar-refractivity contribution in [2.45, 2.75) is 33.8 Å². The largest absolute Gasteiger partial charge is 0.489 e. The maximum absolute atomic E-state index is 12.7. The highest BCUT2D eigenvalue weighted by Crippen LogP contribution is 2.68. The molecular weight excluding hydrogens is 312 g/mol. The van der Waals surface area contributed by atoms with Gasteiger partial charge < -0.3 is 9.47 Å². The molecule has 0 N–H and O–H groups in total. The second kappa shape index (κ2) is 5.35. The van der Waals surface area contributed by atoms with Crippen LogP contribution in [0, 0.1) is 16.7 Å². The first-order valence-corrected chi connectivity index (χ1v) is 8.85. The summed E-state index contributed by atoms with van der Waals surface area (Å²) in [4.78, 5) is 12.7. The third-order valence-corrected chi connectivity index (χ3v) is 6.37. The lowest BCUT2D eigenvalue weighted by molar-refractivity contribution is -0.153. The van der Waals surface area contributed by atoms with E-state index in [0.717, 1.165) is 22.4 Å². The molecule has 0 amide bonds. The van der Waals surface area contributed by atoms with Crippen LogP contribution in [0.1, 0.15) is 39.4 Å². The number of carbonyl (C=O) groups is 1. The van der Waals surface area contributed by atoms with Crippen molar-refractivity contribution >= 4 is 5.97 Å². The summed E-state index contributed by atoms with van der Waals surface area (Å²) < 4.78 is 11.6. The van der Waals surface area contributed by atoms with Crippen molar-refractivity contribution in [2.24, 2.45) is 16.7 Å². The minimum Gasteiger partial charge on any atom is -0.489 e. The molecule has 1 saturated carbocycles. The third kappa shape index (κ3) is 2.45. The number of fused-ring (bicyclic) bond motifs is 1. The van der Waals surface area contributed by atoms with E-state index < -0.39 is 0 Å². The van der Waals surface area contributed by atoms with E-state index in [0.29, 0.717) is 6.61 Å². The molecule has 0 radical (unpaired) electrons. The average Bonchev–Trinajstić information content (AvgIpc) is 2.85. The molecule has 1 fully saturated rings. The van der Waals surface area contributed by atoms with Gasteiger partial charge in [-0.05, 0) is 34.1 Å². The van der Waals surface area contributed by atoms with Gasteiger partial charge >= 0.3 is 5.97 Å². The number of hydrogen-bond acceptors (Lipinski definition) is 3.